The molecule has 1 aliphatic rings. The number of aryl methyl sites for hydroxylation is 1. The number of nitrogens with one attached hydrogen (secondary N) is 1. The van der Waals surface area contributed by atoms with E-state index in [1.54, 1.807) is 6.92 Å². The molecular weight excluding hydrogens is 270 g/mol. The molecule has 1 N–H and O–H groups in total. The number of carbonyl (C=O) groups excluding carboxylic acids is 1. The first-order valence-electron chi connectivity index (χ1n) is 8.63. The van der Waals surface area contributed by atoms with Gasteiger partial charge in [0.15, 0.2) is 5.78 Å². The minimum Gasteiger partial charge on any atom is -0.317 e. The van der Waals surface area contributed by atoms with Gasteiger partial charge in [-0.25, -0.2) is 0 Å². The highest BCUT2D eigenvalue weighted by Gasteiger charge is 2.17. The lowest BCUT2D eigenvalue weighted by atomic mass is 9.85. The molecule has 2 heteroatoms. The van der Waals surface area contributed by atoms with Crippen LogP contribution < -0.4 is 5.32 Å². The Kier molecular flexibility index (Phi) is 6.38. The Hall–Kier alpha value is -1.41. The quantitative estimate of drug-likeness (QED) is 0.782. The summed E-state index contributed by atoms with van der Waals surface area (Å²) in [5, 5.41) is 3.43. The predicted molar refractivity (Wildman–Crippen MR) is 93.9 cm³/mol. The Morgan fingerprint density at radius 3 is 2.50 bits per heavy atom. The third-order valence-corrected chi connectivity index (χ3v) is 4.87. The van der Waals surface area contributed by atoms with E-state index in [-0.39, 0.29) is 5.78 Å². The number of allylic oxidation sites excluding steroid dienone is 2. The van der Waals surface area contributed by atoms with Gasteiger partial charge in [-0.1, -0.05) is 31.2 Å². The first-order chi connectivity index (χ1) is 10.6. The number of benzene rings is 1. The summed E-state index contributed by atoms with van der Waals surface area (Å²) < 4.78 is 0. The lowest BCUT2D eigenvalue weighted by molar-refractivity contribution is -0.113. The van der Waals surface area contributed by atoms with Crippen LogP contribution in [0.3, 0.4) is 0 Å². The fourth-order valence-electron chi connectivity index (χ4n) is 3.55. The maximum Gasteiger partial charge on any atom is 0.156 e. The minimum absolute atomic E-state index is 0.228. The van der Waals surface area contributed by atoms with Crippen LogP contribution in [-0.2, 0) is 4.79 Å². The van der Waals surface area contributed by atoms with Crippen LogP contribution in [0.4, 0.5) is 0 Å². The predicted octanol–water partition coefficient (Wildman–Crippen LogP) is 4.53. The van der Waals surface area contributed by atoms with Crippen LogP contribution in [0.15, 0.2) is 29.8 Å². The van der Waals surface area contributed by atoms with Crippen molar-refractivity contribution >= 4 is 11.4 Å². The Bertz CT molecular complexity index is 538. The number of hydrogen-bond acceptors (Lipinski definition) is 2. The molecule has 0 radical (unpaired) electrons. The number of Topliss-reactive ketones (excluding diaryl/α,β-unsaturated/α-hetero) is 1. The topological polar surface area (TPSA) is 29.1 Å². The van der Waals surface area contributed by atoms with Crippen molar-refractivity contribution in [2.75, 3.05) is 13.1 Å². The van der Waals surface area contributed by atoms with Crippen molar-refractivity contribution in [2.24, 2.45) is 5.92 Å². The van der Waals surface area contributed by atoms with Crippen LogP contribution in [0.5, 0.6) is 0 Å². The first-order valence-corrected chi connectivity index (χ1v) is 8.63. The maximum atomic E-state index is 12.1. The molecule has 0 bridgehead atoms. The van der Waals surface area contributed by atoms with Crippen LogP contribution >= 0.6 is 0 Å². The Morgan fingerprint density at radius 1 is 1.23 bits per heavy atom. The summed E-state index contributed by atoms with van der Waals surface area (Å²) in [5.41, 5.74) is 4.84. The summed E-state index contributed by atoms with van der Waals surface area (Å²) in [5.74, 6) is 1.02. The van der Waals surface area contributed by atoms with Gasteiger partial charge in [-0.3, -0.25) is 4.79 Å². The van der Waals surface area contributed by atoms with E-state index >= 15 is 0 Å². The molecule has 0 spiro atoms. The fourth-order valence-corrected chi connectivity index (χ4v) is 3.55. The lowest BCUT2D eigenvalue weighted by Gasteiger charge is -2.24. The molecule has 0 saturated carbocycles. The molecule has 2 rings (SSSR count). The van der Waals surface area contributed by atoms with Gasteiger partial charge in [0.2, 0.25) is 0 Å². The third-order valence-electron chi connectivity index (χ3n) is 4.87. The van der Waals surface area contributed by atoms with Gasteiger partial charge in [0, 0.05) is 0 Å². The Balaban J connectivity index is 2.26. The molecular formula is C20H29NO. The standard InChI is InChI=1S/C20H29NO/c1-4-18(16(3)22)20(19-8-6-5-7-15(19)2)10-9-17-11-13-21-14-12-17/h5-8,17,21H,4,9-14H2,1-3H3/b20-18-. The van der Waals surface area contributed by atoms with E-state index in [2.05, 4.69) is 43.4 Å². The average molecular weight is 299 g/mol. The zero-order chi connectivity index (χ0) is 15.9. The second kappa shape index (κ2) is 8.28. The van der Waals surface area contributed by atoms with E-state index in [0.717, 1.165) is 37.4 Å². The van der Waals surface area contributed by atoms with E-state index < -0.39 is 0 Å². The molecule has 1 aromatic carbocycles. The van der Waals surface area contributed by atoms with Crippen molar-refractivity contribution < 1.29 is 4.79 Å². The molecule has 0 atom stereocenters. The summed E-state index contributed by atoms with van der Waals surface area (Å²) in [7, 11) is 0. The molecule has 1 fully saturated rings. The van der Waals surface area contributed by atoms with E-state index in [1.807, 2.05) is 0 Å². The average Bonchev–Trinajstić information content (AvgIpc) is 2.53. The molecule has 22 heavy (non-hydrogen) atoms. The molecule has 1 aromatic rings. The second-order valence-electron chi connectivity index (χ2n) is 6.41. The van der Waals surface area contributed by atoms with Crippen molar-refractivity contribution in [2.45, 2.75) is 52.9 Å². The fraction of sp³-hybridized carbons (Fsp3) is 0.550. The maximum absolute atomic E-state index is 12.1. The van der Waals surface area contributed by atoms with Crippen LogP contribution in [0.2, 0.25) is 0 Å². The molecule has 0 aromatic heterocycles. The van der Waals surface area contributed by atoms with Crippen LogP contribution in [0.25, 0.3) is 5.57 Å². The molecule has 2 nitrogen and oxygen atoms in total. The number of hydrogen-bond donors (Lipinski definition) is 1. The van der Waals surface area contributed by atoms with Crippen LogP contribution in [0, 0.1) is 12.8 Å². The summed E-state index contributed by atoms with van der Waals surface area (Å²) in [4.78, 5) is 12.1. The van der Waals surface area contributed by atoms with Crippen molar-refractivity contribution in [3.8, 4) is 0 Å². The molecule has 0 amide bonds. The van der Waals surface area contributed by atoms with Crippen LogP contribution in [-0.4, -0.2) is 18.9 Å². The van der Waals surface area contributed by atoms with Gasteiger partial charge < -0.3 is 5.32 Å². The highest BCUT2D eigenvalue weighted by molar-refractivity contribution is 6.01. The lowest BCUT2D eigenvalue weighted by Crippen LogP contribution is -2.27. The summed E-state index contributed by atoms with van der Waals surface area (Å²) in [6.45, 7) is 8.23. The van der Waals surface area contributed by atoms with Crippen molar-refractivity contribution in [3.63, 3.8) is 0 Å². The van der Waals surface area contributed by atoms with E-state index in [4.69, 9.17) is 0 Å². The smallest absolute Gasteiger partial charge is 0.156 e. The van der Waals surface area contributed by atoms with Crippen LogP contribution in [0.1, 0.15) is 57.1 Å². The van der Waals surface area contributed by atoms with E-state index in [1.165, 1.54) is 36.0 Å². The SMILES string of the molecule is CC/C(C(C)=O)=C(\CCC1CCNCC1)c1ccccc1C. The van der Waals surface area contributed by atoms with E-state index in [9.17, 15) is 4.79 Å². The van der Waals surface area contributed by atoms with Gasteiger partial charge in [-0.2, -0.15) is 0 Å². The highest BCUT2D eigenvalue weighted by Crippen LogP contribution is 2.31. The molecule has 1 saturated heterocycles. The molecule has 0 unspecified atom stereocenters. The van der Waals surface area contributed by atoms with Gasteiger partial charge in [-0.15, -0.1) is 0 Å². The van der Waals surface area contributed by atoms with Gasteiger partial charge in [0.25, 0.3) is 0 Å². The van der Waals surface area contributed by atoms with Gasteiger partial charge in [0.1, 0.15) is 0 Å². The first kappa shape index (κ1) is 17.0. The number of rotatable bonds is 6. The van der Waals surface area contributed by atoms with Gasteiger partial charge in [-0.05, 0) is 87.2 Å². The monoisotopic (exact) mass is 299 g/mol. The second-order valence-corrected chi connectivity index (χ2v) is 6.41. The number of carbonyl (C=O) groups is 1. The molecule has 1 aliphatic heterocycles. The molecule has 0 aliphatic carbocycles. The van der Waals surface area contributed by atoms with Crippen molar-refractivity contribution in [1.82, 2.24) is 5.32 Å². The summed E-state index contributed by atoms with van der Waals surface area (Å²) >= 11 is 0. The Morgan fingerprint density at radius 2 is 1.91 bits per heavy atom. The highest BCUT2D eigenvalue weighted by atomic mass is 16.1. The zero-order valence-electron chi connectivity index (χ0n) is 14.2. The largest absolute Gasteiger partial charge is 0.317 e. The van der Waals surface area contributed by atoms with E-state index in [0.29, 0.717) is 0 Å². The normalized spacial score (nSPS) is 17.2. The summed E-state index contributed by atoms with van der Waals surface area (Å²) in [6, 6.07) is 8.47. The number of piperidine rings is 1. The number of ketones is 1. The van der Waals surface area contributed by atoms with Gasteiger partial charge >= 0.3 is 0 Å². The summed E-state index contributed by atoms with van der Waals surface area (Å²) in [6.07, 6.45) is 5.58. The van der Waals surface area contributed by atoms with Crippen molar-refractivity contribution in [3.05, 3.63) is 41.0 Å². The van der Waals surface area contributed by atoms with Crippen molar-refractivity contribution in [1.29, 1.82) is 0 Å². The third kappa shape index (κ3) is 4.30. The minimum atomic E-state index is 0.228. The molecule has 1 heterocycles. The zero-order valence-corrected chi connectivity index (χ0v) is 14.2. The Labute approximate surface area is 135 Å². The van der Waals surface area contributed by atoms with Gasteiger partial charge in [0.05, 0.1) is 0 Å². The molecule has 120 valence electrons.